The average molecular weight is 354 g/mol. The van der Waals surface area contributed by atoms with Crippen molar-refractivity contribution in [1.29, 1.82) is 5.26 Å². The van der Waals surface area contributed by atoms with E-state index in [0.717, 1.165) is 5.56 Å². The second kappa shape index (κ2) is 6.67. The second-order valence-corrected chi connectivity index (χ2v) is 5.80. The third-order valence-corrected chi connectivity index (χ3v) is 4.04. The van der Waals surface area contributed by atoms with Crippen molar-refractivity contribution in [2.45, 2.75) is 5.92 Å². The SMILES string of the molecule is N#CC1=C(N)OC(c2ccc([N+](=O)[O-])cc2)=CC1c1cccc(Cl)c1. The Morgan fingerprint density at radius 3 is 2.56 bits per heavy atom. The van der Waals surface area contributed by atoms with Gasteiger partial charge in [-0.15, -0.1) is 0 Å². The van der Waals surface area contributed by atoms with Crippen LogP contribution < -0.4 is 5.73 Å². The van der Waals surface area contributed by atoms with Gasteiger partial charge in [-0.1, -0.05) is 23.7 Å². The molecule has 1 heterocycles. The highest BCUT2D eigenvalue weighted by Crippen LogP contribution is 2.37. The highest BCUT2D eigenvalue weighted by molar-refractivity contribution is 6.30. The molecule has 2 aromatic carbocycles. The van der Waals surface area contributed by atoms with Gasteiger partial charge in [0.25, 0.3) is 5.69 Å². The summed E-state index contributed by atoms with van der Waals surface area (Å²) in [7, 11) is 0. The molecule has 124 valence electrons. The Kier molecular flexibility index (Phi) is 4.42. The Balaban J connectivity index is 2.04. The lowest BCUT2D eigenvalue weighted by Crippen LogP contribution is -2.16. The zero-order valence-electron chi connectivity index (χ0n) is 12.8. The number of nitrogens with zero attached hydrogens (tertiary/aromatic N) is 2. The smallest absolute Gasteiger partial charge is 0.269 e. The van der Waals surface area contributed by atoms with Gasteiger partial charge in [-0.3, -0.25) is 10.1 Å². The highest BCUT2D eigenvalue weighted by Gasteiger charge is 2.26. The number of nitriles is 1. The zero-order chi connectivity index (χ0) is 18.0. The van der Waals surface area contributed by atoms with E-state index in [9.17, 15) is 15.4 Å². The maximum Gasteiger partial charge on any atom is 0.269 e. The van der Waals surface area contributed by atoms with E-state index in [1.807, 2.05) is 6.07 Å². The highest BCUT2D eigenvalue weighted by atomic mass is 35.5. The van der Waals surface area contributed by atoms with E-state index in [-0.39, 0.29) is 17.1 Å². The first-order valence-electron chi connectivity index (χ1n) is 7.29. The van der Waals surface area contributed by atoms with Gasteiger partial charge in [0, 0.05) is 28.6 Å². The number of benzene rings is 2. The van der Waals surface area contributed by atoms with Crippen molar-refractivity contribution in [3.63, 3.8) is 0 Å². The van der Waals surface area contributed by atoms with Gasteiger partial charge in [0.2, 0.25) is 5.88 Å². The van der Waals surface area contributed by atoms with Crippen LogP contribution in [0.5, 0.6) is 0 Å². The van der Waals surface area contributed by atoms with E-state index >= 15 is 0 Å². The van der Waals surface area contributed by atoms with Crippen molar-refractivity contribution in [1.82, 2.24) is 0 Å². The molecule has 7 heteroatoms. The maximum absolute atomic E-state index is 10.8. The number of halogens is 1. The largest absolute Gasteiger partial charge is 0.440 e. The fourth-order valence-electron chi connectivity index (χ4n) is 2.59. The first kappa shape index (κ1) is 16.6. The molecule has 0 aliphatic carbocycles. The Bertz CT molecular complexity index is 943. The summed E-state index contributed by atoms with van der Waals surface area (Å²) in [5.41, 5.74) is 7.60. The Labute approximate surface area is 148 Å². The number of non-ortho nitro benzene ring substituents is 1. The van der Waals surface area contributed by atoms with Crippen LogP contribution >= 0.6 is 11.6 Å². The van der Waals surface area contributed by atoms with Crippen molar-refractivity contribution in [3.05, 3.63) is 92.3 Å². The van der Waals surface area contributed by atoms with Crippen molar-refractivity contribution in [2.24, 2.45) is 5.73 Å². The summed E-state index contributed by atoms with van der Waals surface area (Å²) in [6, 6.07) is 15.1. The van der Waals surface area contributed by atoms with Gasteiger partial charge < -0.3 is 10.5 Å². The molecule has 2 N–H and O–H groups in total. The lowest BCUT2D eigenvalue weighted by atomic mass is 9.89. The van der Waals surface area contributed by atoms with Crippen LogP contribution in [0.25, 0.3) is 5.76 Å². The van der Waals surface area contributed by atoms with Crippen molar-refractivity contribution < 1.29 is 9.66 Å². The summed E-state index contributed by atoms with van der Waals surface area (Å²) in [6.45, 7) is 0. The molecule has 1 unspecified atom stereocenters. The average Bonchev–Trinajstić information content (AvgIpc) is 2.61. The summed E-state index contributed by atoms with van der Waals surface area (Å²) < 4.78 is 5.55. The molecule has 0 saturated carbocycles. The van der Waals surface area contributed by atoms with Crippen LogP contribution in [0.15, 0.2) is 66.1 Å². The summed E-state index contributed by atoms with van der Waals surface area (Å²) in [4.78, 5) is 10.3. The number of allylic oxidation sites excluding steroid dienone is 2. The van der Waals surface area contributed by atoms with Gasteiger partial charge in [-0.2, -0.15) is 5.26 Å². The lowest BCUT2D eigenvalue weighted by molar-refractivity contribution is -0.384. The van der Waals surface area contributed by atoms with E-state index < -0.39 is 10.8 Å². The quantitative estimate of drug-likeness (QED) is 0.661. The molecule has 0 bridgehead atoms. The standard InChI is InChI=1S/C18H12ClN3O3/c19-13-3-1-2-12(8-13)15-9-17(25-18(21)16(15)10-20)11-4-6-14(7-5-11)22(23)24/h1-9,15H,21H2. The number of nitro benzene ring substituents is 1. The van der Waals surface area contributed by atoms with Crippen LogP contribution in [-0.4, -0.2) is 4.92 Å². The molecule has 3 rings (SSSR count). The van der Waals surface area contributed by atoms with Crippen molar-refractivity contribution in [2.75, 3.05) is 0 Å². The monoisotopic (exact) mass is 353 g/mol. The minimum absolute atomic E-state index is 0.00308. The van der Waals surface area contributed by atoms with E-state index in [4.69, 9.17) is 22.1 Å². The maximum atomic E-state index is 10.8. The molecule has 1 aliphatic heterocycles. The normalized spacial score (nSPS) is 16.6. The van der Waals surface area contributed by atoms with Gasteiger partial charge >= 0.3 is 0 Å². The molecule has 0 amide bonds. The number of hydrogen-bond acceptors (Lipinski definition) is 5. The lowest BCUT2D eigenvalue weighted by Gasteiger charge is -2.23. The molecule has 1 atom stereocenters. The predicted molar refractivity (Wildman–Crippen MR) is 93.2 cm³/mol. The van der Waals surface area contributed by atoms with E-state index in [1.165, 1.54) is 12.1 Å². The fourth-order valence-corrected chi connectivity index (χ4v) is 2.78. The second-order valence-electron chi connectivity index (χ2n) is 5.36. The molecule has 25 heavy (non-hydrogen) atoms. The molecule has 0 spiro atoms. The topological polar surface area (TPSA) is 102 Å². The first-order chi connectivity index (χ1) is 12.0. The summed E-state index contributed by atoms with van der Waals surface area (Å²) >= 11 is 6.05. The minimum Gasteiger partial charge on any atom is -0.440 e. The van der Waals surface area contributed by atoms with Crippen LogP contribution in [0.4, 0.5) is 5.69 Å². The molecule has 1 aliphatic rings. The first-order valence-corrected chi connectivity index (χ1v) is 7.67. The molecule has 2 aromatic rings. The summed E-state index contributed by atoms with van der Waals surface area (Å²) in [5.74, 6) is 0.0161. The summed E-state index contributed by atoms with van der Waals surface area (Å²) in [5, 5.41) is 20.7. The van der Waals surface area contributed by atoms with Crippen LogP contribution in [0.3, 0.4) is 0 Å². The molecule has 0 saturated heterocycles. The molecule has 0 radical (unpaired) electrons. The van der Waals surface area contributed by atoms with Crippen LogP contribution in [0.2, 0.25) is 5.02 Å². The van der Waals surface area contributed by atoms with Crippen LogP contribution in [-0.2, 0) is 4.74 Å². The Morgan fingerprint density at radius 2 is 1.96 bits per heavy atom. The Morgan fingerprint density at radius 1 is 1.24 bits per heavy atom. The number of nitrogens with two attached hydrogens (primary N) is 1. The third kappa shape index (κ3) is 3.32. The number of ether oxygens (including phenoxy) is 1. The van der Waals surface area contributed by atoms with Gasteiger partial charge in [0.1, 0.15) is 17.4 Å². The van der Waals surface area contributed by atoms with Gasteiger partial charge in [0.15, 0.2) is 0 Å². The molecule has 0 fully saturated rings. The third-order valence-electron chi connectivity index (χ3n) is 3.81. The molecular weight excluding hydrogens is 342 g/mol. The zero-order valence-corrected chi connectivity index (χ0v) is 13.6. The van der Waals surface area contributed by atoms with Gasteiger partial charge in [-0.25, -0.2) is 0 Å². The predicted octanol–water partition coefficient (Wildman–Crippen LogP) is 4.10. The number of rotatable bonds is 3. The number of hydrogen-bond donors (Lipinski definition) is 1. The summed E-state index contributed by atoms with van der Waals surface area (Å²) in [6.07, 6.45) is 1.75. The minimum atomic E-state index is -0.475. The Hall–Kier alpha value is -3.30. The number of nitro groups is 1. The molecule has 0 aromatic heterocycles. The van der Waals surface area contributed by atoms with E-state index in [0.29, 0.717) is 16.3 Å². The molecular formula is C18H12ClN3O3. The van der Waals surface area contributed by atoms with Crippen molar-refractivity contribution >= 4 is 23.0 Å². The van der Waals surface area contributed by atoms with Crippen molar-refractivity contribution in [3.8, 4) is 6.07 Å². The van der Waals surface area contributed by atoms with E-state index in [1.54, 1.807) is 36.4 Å². The van der Waals surface area contributed by atoms with Gasteiger partial charge in [0.05, 0.1) is 4.92 Å². The molecule has 6 nitrogen and oxygen atoms in total. The van der Waals surface area contributed by atoms with Crippen LogP contribution in [0.1, 0.15) is 17.0 Å². The fraction of sp³-hybridized carbons (Fsp3) is 0.0556. The van der Waals surface area contributed by atoms with E-state index in [2.05, 4.69) is 6.07 Å². The van der Waals surface area contributed by atoms with Crippen LogP contribution in [0, 0.1) is 21.4 Å². The van der Waals surface area contributed by atoms with Gasteiger partial charge in [-0.05, 0) is 35.9 Å².